The first kappa shape index (κ1) is 31.4. The van der Waals surface area contributed by atoms with Crippen molar-refractivity contribution in [3.8, 4) is 22.8 Å². The van der Waals surface area contributed by atoms with Gasteiger partial charge < -0.3 is 15.0 Å². The maximum Gasteiger partial charge on any atom is 0.573 e. The average Bonchev–Trinajstić information content (AvgIpc) is 3.66. The van der Waals surface area contributed by atoms with Gasteiger partial charge in [-0.1, -0.05) is 38.1 Å². The van der Waals surface area contributed by atoms with Crippen LogP contribution in [0.1, 0.15) is 50.2 Å². The molecule has 1 aromatic heterocycles. The lowest BCUT2D eigenvalue weighted by Crippen LogP contribution is -2.43. The van der Waals surface area contributed by atoms with E-state index in [2.05, 4.69) is 25.0 Å². The minimum Gasteiger partial charge on any atom is -0.406 e. The summed E-state index contributed by atoms with van der Waals surface area (Å²) in [5.41, 5.74) is 4.23. The average molecular weight is 628 g/mol. The maximum absolute atomic E-state index is 13.9. The van der Waals surface area contributed by atoms with Gasteiger partial charge in [0, 0.05) is 30.0 Å². The van der Waals surface area contributed by atoms with Crippen LogP contribution in [0.15, 0.2) is 73.1 Å². The molecule has 0 saturated carbocycles. The number of rotatable bonds is 11. The molecule has 0 spiro atoms. The van der Waals surface area contributed by atoms with Crippen molar-refractivity contribution < 1.29 is 27.1 Å². The van der Waals surface area contributed by atoms with Crippen LogP contribution in [-0.2, 0) is 11.2 Å². The molecule has 1 amide bonds. The van der Waals surface area contributed by atoms with Crippen LogP contribution < -0.4 is 15.0 Å². The molecule has 1 aliphatic heterocycles. The van der Waals surface area contributed by atoms with E-state index in [4.69, 9.17) is 0 Å². The van der Waals surface area contributed by atoms with Gasteiger partial charge in [-0.3, -0.25) is 4.79 Å². The van der Waals surface area contributed by atoms with Gasteiger partial charge in [0.2, 0.25) is 5.91 Å². The molecule has 5 rings (SSSR count). The number of halogens is 4. The van der Waals surface area contributed by atoms with Crippen molar-refractivity contribution in [1.82, 2.24) is 20.1 Å². The zero-order valence-corrected chi connectivity index (χ0v) is 25.2. The first-order valence-electron chi connectivity index (χ1n) is 14.4. The van der Waals surface area contributed by atoms with Crippen molar-refractivity contribution in [2.24, 2.45) is 0 Å². The molecule has 1 unspecified atom stereocenters. The van der Waals surface area contributed by atoms with E-state index in [9.17, 15) is 22.4 Å². The van der Waals surface area contributed by atoms with Gasteiger partial charge in [0.15, 0.2) is 11.3 Å². The molecule has 2 heterocycles. The second kappa shape index (κ2) is 13.7. The summed E-state index contributed by atoms with van der Waals surface area (Å²) >= 11 is 1.68. The molecule has 1 N–H and O–H groups in total. The molecule has 4 aromatic rings. The highest BCUT2D eigenvalue weighted by molar-refractivity contribution is 8.00. The van der Waals surface area contributed by atoms with E-state index in [1.54, 1.807) is 17.8 Å². The van der Waals surface area contributed by atoms with Crippen molar-refractivity contribution in [2.45, 2.75) is 57.3 Å². The summed E-state index contributed by atoms with van der Waals surface area (Å²) < 4.78 is 56.4. The minimum absolute atomic E-state index is 0.00198. The van der Waals surface area contributed by atoms with Gasteiger partial charge in [0.25, 0.3) is 0 Å². The number of nitrogens with one attached hydrogen (secondary N) is 1. The summed E-state index contributed by atoms with van der Waals surface area (Å²) in [5, 5.41) is 7.59. The lowest BCUT2D eigenvalue weighted by atomic mass is 10.0. The predicted molar refractivity (Wildman–Crippen MR) is 163 cm³/mol. The summed E-state index contributed by atoms with van der Waals surface area (Å²) in [6, 6.07) is 18.1. The lowest BCUT2D eigenvalue weighted by Gasteiger charge is -2.29. The third-order valence-electron chi connectivity index (χ3n) is 7.25. The summed E-state index contributed by atoms with van der Waals surface area (Å²) in [6.45, 7) is 4.87. The van der Waals surface area contributed by atoms with E-state index in [1.807, 2.05) is 44.2 Å². The number of amides is 1. The highest BCUT2D eigenvalue weighted by Gasteiger charge is 2.31. The van der Waals surface area contributed by atoms with Crippen molar-refractivity contribution in [1.29, 1.82) is 0 Å². The monoisotopic (exact) mass is 627 g/mol. The quantitative estimate of drug-likeness (QED) is 0.138. The van der Waals surface area contributed by atoms with E-state index < -0.39 is 6.36 Å². The number of thioether (sulfide) groups is 1. The summed E-state index contributed by atoms with van der Waals surface area (Å²) in [5.74, 6) is 0.990. The third kappa shape index (κ3) is 8.10. The van der Waals surface area contributed by atoms with Crippen LogP contribution >= 0.6 is 11.8 Å². The minimum atomic E-state index is -4.75. The Morgan fingerprint density at radius 3 is 2.52 bits per heavy atom. The molecular formula is C32H33F4N5O2S. The molecule has 1 fully saturated rings. The van der Waals surface area contributed by atoms with Gasteiger partial charge in [0.05, 0.1) is 5.69 Å². The summed E-state index contributed by atoms with van der Waals surface area (Å²) in [4.78, 5) is 19.2. The Kier molecular flexibility index (Phi) is 9.77. The first-order valence-corrected chi connectivity index (χ1v) is 15.4. The van der Waals surface area contributed by atoms with Crippen molar-refractivity contribution >= 4 is 23.4 Å². The number of anilines is 1. The molecule has 1 aliphatic rings. The number of hydrogen-bond donors (Lipinski definition) is 1. The van der Waals surface area contributed by atoms with Crippen LogP contribution in [0.25, 0.3) is 17.1 Å². The van der Waals surface area contributed by atoms with Gasteiger partial charge in [-0.15, -0.1) is 30.0 Å². The van der Waals surface area contributed by atoms with Gasteiger partial charge >= 0.3 is 6.36 Å². The molecule has 0 aliphatic carbocycles. The molecule has 0 radical (unpaired) electrons. The van der Waals surface area contributed by atoms with E-state index in [0.29, 0.717) is 17.9 Å². The Morgan fingerprint density at radius 1 is 1.07 bits per heavy atom. The van der Waals surface area contributed by atoms with E-state index in [1.165, 1.54) is 41.3 Å². The van der Waals surface area contributed by atoms with Crippen LogP contribution in [-0.4, -0.2) is 44.8 Å². The van der Waals surface area contributed by atoms with Gasteiger partial charge in [-0.2, -0.15) is 0 Å². The molecule has 232 valence electrons. The SMILES string of the molecule is CC(C)c1cc(F)ccc1N1CCSC1NC(=O)CCCCc1ccc(-c2ncn(-c3ccc(OC(F)(F)F)cc3)n2)cc1. The molecule has 12 heteroatoms. The number of nitrogens with zero attached hydrogens (tertiary/aromatic N) is 4. The fraction of sp³-hybridized carbons (Fsp3) is 0.344. The van der Waals surface area contributed by atoms with Gasteiger partial charge in [0.1, 0.15) is 17.9 Å². The maximum atomic E-state index is 13.9. The number of aromatic nitrogens is 3. The highest BCUT2D eigenvalue weighted by Crippen LogP contribution is 2.34. The smallest absolute Gasteiger partial charge is 0.406 e. The molecule has 1 saturated heterocycles. The second-order valence-electron chi connectivity index (χ2n) is 10.8. The zero-order chi connectivity index (χ0) is 31.3. The Morgan fingerprint density at radius 2 is 1.82 bits per heavy atom. The molecule has 7 nitrogen and oxygen atoms in total. The van der Waals surface area contributed by atoms with Crippen LogP contribution in [0.3, 0.4) is 0 Å². The number of unbranched alkanes of at least 4 members (excludes halogenated alkanes) is 1. The van der Waals surface area contributed by atoms with E-state index >= 15 is 0 Å². The molecular weight excluding hydrogens is 594 g/mol. The molecule has 1 atom stereocenters. The number of hydrogen-bond acceptors (Lipinski definition) is 6. The van der Waals surface area contributed by atoms with E-state index in [0.717, 1.165) is 53.9 Å². The van der Waals surface area contributed by atoms with Crippen LogP contribution in [0, 0.1) is 5.82 Å². The lowest BCUT2D eigenvalue weighted by molar-refractivity contribution is -0.274. The fourth-order valence-corrected chi connectivity index (χ4v) is 6.19. The van der Waals surface area contributed by atoms with Crippen molar-refractivity contribution in [3.63, 3.8) is 0 Å². The number of alkyl halides is 3. The Bertz CT molecular complexity index is 1560. The van der Waals surface area contributed by atoms with Gasteiger partial charge in [-0.05, 0) is 78.8 Å². The van der Waals surface area contributed by atoms with Crippen molar-refractivity contribution in [2.75, 3.05) is 17.2 Å². The topological polar surface area (TPSA) is 72.3 Å². The molecule has 0 bridgehead atoms. The standard InChI is InChI=1S/C32H33F4N5O2S/c1-21(2)27-19-24(33)11-16-28(27)40-17-18-44-31(40)38-29(42)6-4-3-5-22-7-9-23(10-8-22)30-37-20-41(39-30)25-12-14-26(15-13-25)43-32(34,35)36/h7-16,19-21,31H,3-6,17-18H2,1-2H3,(H,38,42). The van der Waals surface area contributed by atoms with Crippen LogP contribution in [0.2, 0.25) is 0 Å². The van der Waals surface area contributed by atoms with Crippen molar-refractivity contribution in [3.05, 3.63) is 90.0 Å². The fourth-order valence-electron chi connectivity index (χ4n) is 5.05. The largest absolute Gasteiger partial charge is 0.573 e. The van der Waals surface area contributed by atoms with Crippen LogP contribution in [0.5, 0.6) is 5.75 Å². The number of carbonyl (C=O) groups is 1. The number of carbonyl (C=O) groups excluding carboxylic acids is 1. The van der Waals surface area contributed by atoms with E-state index in [-0.39, 0.29) is 28.9 Å². The highest BCUT2D eigenvalue weighted by atomic mass is 32.2. The number of aryl methyl sites for hydroxylation is 1. The Balaban J connectivity index is 1.08. The normalized spacial score (nSPS) is 15.2. The number of benzene rings is 3. The van der Waals surface area contributed by atoms with Gasteiger partial charge in [-0.25, -0.2) is 14.1 Å². The second-order valence-corrected chi connectivity index (χ2v) is 12.0. The predicted octanol–water partition coefficient (Wildman–Crippen LogP) is 7.46. The zero-order valence-electron chi connectivity index (χ0n) is 24.4. The summed E-state index contributed by atoms with van der Waals surface area (Å²) in [6.07, 6.45) is -0.402. The molecule has 3 aromatic carbocycles. The Labute approximate surface area is 257 Å². The third-order valence-corrected chi connectivity index (χ3v) is 8.36. The molecule has 44 heavy (non-hydrogen) atoms. The van der Waals surface area contributed by atoms with Crippen LogP contribution in [0.4, 0.5) is 23.2 Å². The first-order chi connectivity index (χ1) is 21.1. The number of ether oxygens (including phenoxy) is 1. The Hall–Kier alpha value is -4.06. The summed E-state index contributed by atoms with van der Waals surface area (Å²) in [7, 11) is 0.